The number of rotatable bonds is 5. The van der Waals surface area contributed by atoms with Crippen molar-refractivity contribution in [3.63, 3.8) is 0 Å². The standard InChI is InChI=1S/C11H22N2/c1-6-12-10(4)7-11(5)13-8-9(2)3/h7,9,12H,6,8H2,1-5H3/b10-7-,13-11-. The summed E-state index contributed by atoms with van der Waals surface area (Å²) in [6.45, 7) is 12.5. The van der Waals surface area contributed by atoms with E-state index in [1.165, 1.54) is 5.70 Å². The van der Waals surface area contributed by atoms with Crippen LogP contribution in [0, 0.1) is 5.92 Å². The van der Waals surface area contributed by atoms with Crippen LogP contribution in [-0.4, -0.2) is 18.8 Å². The van der Waals surface area contributed by atoms with Crippen molar-refractivity contribution in [2.75, 3.05) is 13.1 Å². The zero-order valence-electron chi connectivity index (χ0n) is 9.52. The van der Waals surface area contributed by atoms with E-state index in [9.17, 15) is 0 Å². The van der Waals surface area contributed by atoms with Crippen molar-refractivity contribution in [1.82, 2.24) is 5.32 Å². The molecule has 1 N–H and O–H groups in total. The average molecular weight is 182 g/mol. The Bertz CT molecular complexity index is 190. The predicted octanol–water partition coefficient (Wildman–Crippen LogP) is 2.62. The molecule has 0 rings (SSSR count). The van der Waals surface area contributed by atoms with E-state index >= 15 is 0 Å². The van der Waals surface area contributed by atoms with Crippen LogP contribution in [0.3, 0.4) is 0 Å². The van der Waals surface area contributed by atoms with Gasteiger partial charge in [0.25, 0.3) is 0 Å². The van der Waals surface area contributed by atoms with Crippen molar-refractivity contribution in [2.45, 2.75) is 34.6 Å². The minimum absolute atomic E-state index is 0.641. The Morgan fingerprint density at radius 1 is 1.38 bits per heavy atom. The third-order valence-corrected chi connectivity index (χ3v) is 1.59. The molecule has 2 nitrogen and oxygen atoms in total. The molecule has 0 fully saturated rings. The maximum atomic E-state index is 4.45. The van der Waals surface area contributed by atoms with E-state index in [0.717, 1.165) is 18.8 Å². The summed E-state index contributed by atoms with van der Waals surface area (Å²) in [4.78, 5) is 4.45. The van der Waals surface area contributed by atoms with Crippen LogP contribution < -0.4 is 5.32 Å². The van der Waals surface area contributed by atoms with Crippen molar-refractivity contribution in [2.24, 2.45) is 10.9 Å². The number of hydrogen-bond acceptors (Lipinski definition) is 2. The molecule has 0 amide bonds. The second kappa shape index (κ2) is 6.70. The summed E-state index contributed by atoms with van der Waals surface area (Å²) in [6, 6.07) is 0. The molecule has 0 saturated heterocycles. The smallest absolute Gasteiger partial charge is 0.0415 e. The van der Waals surface area contributed by atoms with Gasteiger partial charge < -0.3 is 5.32 Å². The van der Waals surface area contributed by atoms with E-state index < -0.39 is 0 Å². The first kappa shape index (κ1) is 12.2. The summed E-state index contributed by atoms with van der Waals surface area (Å²) in [5.41, 5.74) is 2.29. The summed E-state index contributed by atoms with van der Waals surface area (Å²) < 4.78 is 0. The molecular weight excluding hydrogens is 160 g/mol. The lowest BCUT2D eigenvalue weighted by atomic mass is 10.2. The molecule has 0 heterocycles. The Labute approximate surface area is 82.1 Å². The van der Waals surface area contributed by atoms with Crippen LogP contribution >= 0.6 is 0 Å². The van der Waals surface area contributed by atoms with Crippen molar-refractivity contribution < 1.29 is 0 Å². The molecule has 0 aliphatic rings. The topological polar surface area (TPSA) is 24.4 Å². The Morgan fingerprint density at radius 3 is 2.46 bits per heavy atom. The number of aliphatic imine (C=N–C) groups is 1. The highest BCUT2D eigenvalue weighted by Gasteiger charge is 1.91. The third-order valence-electron chi connectivity index (χ3n) is 1.59. The molecule has 0 aromatic carbocycles. The number of allylic oxidation sites excluding steroid dienone is 2. The van der Waals surface area contributed by atoms with Crippen LogP contribution in [0.1, 0.15) is 34.6 Å². The summed E-state index contributed by atoms with van der Waals surface area (Å²) in [5, 5.41) is 3.24. The maximum absolute atomic E-state index is 4.45. The van der Waals surface area contributed by atoms with Crippen molar-refractivity contribution in [3.05, 3.63) is 11.8 Å². The molecule has 0 saturated carbocycles. The van der Waals surface area contributed by atoms with Crippen LogP contribution in [0.5, 0.6) is 0 Å². The van der Waals surface area contributed by atoms with Gasteiger partial charge in [-0.25, -0.2) is 0 Å². The Kier molecular flexibility index (Phi) is 6.29. The van der Waals surface area contributed by atoms with E-state index in [4.69, 9.17) is 0 Å². The van der Waals surface area contributed by atoms with Crippen LogP contribution in [-0.2, 0) is 0 Å². The first-order valence-electron chi connectivity index (χ1n) is 4.99. The highest BCUT2D eigenvalue weighted by Crippen LogP contribution is 1.94. The highest BCUT2D eigenvalue weighted by molar-refractivity contribution is 5.93. The lowest BCUT2D eigenvalue weighted by Gasteiger charge is -2.03. The van der Waals surface area contributed by atoms with E-state index in [1.807, 2.05) is 6.92 Å². The monoisotopic (exact) mass is 182 g/mol. The van der Waals surface area contributed by atoms with Gasteiger partial charge in [0.05, 0.1) is 0 Å². The molecule has 0 spiro atoms. The second-order valence-electron chi connectivity index (χ2n) is 3.73. The van der Waals surface area contributed by atoms with E-state index in [0.29, 0.717) is 5.92 Å². The quantitative estimate of drug-likeness (QED) is 0.649. The van der Waals surface area contributed by atoms with Gasteiger partial charge in [-0.3, -0.25) is 4.99 Å². The largest absolute Gasteiger partial charge is 0.389 e. The molecular formula is C11H22N2. The zero-order chi connectivity index (χ0) is 10.3. The molecule has 0 bridgehead atoms. The number of nitrogens with one attached hydrogen (secondary N) is 1. The summed E-state index contributed by atoms with van der Waals surface area (Å²) in [6.07, 6.45) is 2.09. The van der Waals surface area contributed by atoms with Crippen LogP contribution in [0.4, 0.5) is 0 Å². The first-order chi connectivity index (χ1) is 6.06. The molecule has 0 radical (unpaired) electrons. The fraction of sp³-hybridized carbons (Fsp3) is 0.727. The van der Waals surface area contributed by atoms with E-state index in [-0.39, 0.29) is 0 Å². The fourth-order valence-corrected chi connectivity index (χ4v) is 1.02. The lowest BCUT2D eigenvalue weighted by Crippen LogP contribution is -2.10. The molecule has 0 unspecified atom stereocenters. The molecule has 0 aliphatic carbocycles. The van der Waals surface area contributed by atoms with Gasteiger partial charge in [0.1, 0.15) is 0 Å². The average Bonchev–Trinajstić information content (AvgIpc) is 2.01. The van der Waals surface area contributed by atoms with Crippen LogP contribution in [0.25, 0.3) is 0 Å². The van der Waals surface area contributed by atoms with Crippen LogP contribution in [0.15, 0.2) is 16.8 Å². The first-order valence-corrected chi connectivity index (χ1v) is 4.99. The maximum Gasteiger partial charge on any atom is 0.0415 e. The van der Waals surface area contributed by atoms with Crippen LogP contribution in [0.2, 0.25) is 0 Å². The van der Waals surface area contributed by atoms with Crippen molar-refractivity contribution >= 4 is 5.71 Å². The summed E-state index contributed by atoms with van der Waals surface area (Å²) in [7, 11) is 0. The highest BCUT2D eigenvalue weighted by atomic mass is 14.9. The van der Waals surface area contributed by atoms with Gasteiger partial charge in [-0.1, -0.05) is 13.8 Å². The molecule has 2 heteroatoms. The summed E-state index contributed by atoms with van der Waals surface area (Å²) >= 11 is 0. The zero-order valence-corrected chi connectivity index (χ0v) is 9.52. The van der Waals surface area contributed by atoms with Gasteiger partial charge in [0, 0.05) is 24.5 Å². The summed E-state index contributed by atoms with van der Waals surface area (Å²) in [5.74, 6) is 0.641. The molecule has 0 atom stereocenters. The van der Waals surface area contributed by atoms with E-state index in [1.54, 1.807) is 0 Å². The molecule has 0 aromatic heterocycles. The predicted molar refractivity (Wildman–Crippen MR) is 60.2 cm³/mol. The second-order valence-corrected chi connectivity index (χ2v) is 3.73. The lowest BCUT2D eigenvalue weighted by molar-refractivity contribution is 0.666. The SMILES string of the molecule is CCN/C(C)=C\C(C)=N/CC(C)C. The van der Waals surface area contributed by atoms with Gasteiger partial charge in [-0.05, 0) is 32.8 Å². The number of nitrogens with zero attached hydrogens (tertiary/aromatic N) is 1. The molecule has 76 valence electrons. The number of hydrogen-bond donors (Lipinski definition) is 1. The molecule has 0 aliphatic heterocycles. The van der Waals surface area contributed by atoms with Gasteiger partial charge in [-0.15, -0.1) is 0 Å². The third kappa shape index (κ3) is 7.57. The van der Waals surface area contributed by atoms with Gasteiger partial charge in [0.15, 0.2) is 0 Å². The normalized spacial score (nSPS) is 13.7. The minimum Gasteiger partial charge on any atom is -0.389 e. The van der Waals surface area contributed by atoms with Crippen molar-refractivity contribution in [1.29, 1.82) is 0 Å². The van der Waals surface area contributed by atoms with Gasteiger partial charge >= 0.3 is 0 Å². The Balaban J connectivity index is 4.02. The molecule has 0 aromatic rings. The Hall–Kier alpha value is -0.790. The Morgan fingerprint density at radius 2 is 2.00 bits per heavy atom. The van der Waals surface area contributed by atoms with Gasteiger partial charge in [-0.2, -0.15) is 0 Å². The van der Waals surface area contributed by atoms with Gasteiger partial charge in [0.2, 0.25) is 0 Å². The minimum atomic E-state index is 0.641. The van der Waals surface area contributed by atoms with E-state index in [2.05, 4.69) is 44.1 Å². The molecule has 13 heavy (non-hydrogen) atoms. The fourth-order valence-electron chi connectivity index (χ4n) is 1.02. The van der Waals surface area contributed by atoms with Crippen molar-refractivity contribution in [3.8, 4) is 0 Å².